The Bertz CT molecular complexity index is 859. The van der Waals surface area contributed by atoms with Crippen molar-refractivity contribution in [3.63, 3.8) is 0 Å². The van der Waals surface area contributed by atoms with Gasteiger partial charge in [0.05, 0.1) is 5.69 Å². The summed E-state index contributed by atoms with van der Waals surface area (Å²) in [5, 5.41) is 0.970. The maximum atomic E-state index is 5.86. The maximum absolute atomic E-state index is 5.86. The summed E-state index contributed by atoms with van der Waals surface area (Å²) in [5.74, 6) is 3.26. The van der Waals surface area contributed by atoms with Gasteiger partial charge in [0.15, 0.2) is 5.82 Å². The summed E-state index contributed by atoms with van der Waals surface area (Å²) in [5.41, 5.74) is 1.96. The number of rotatable bonds is 5. The average molecular weight is 366 g/mol. The number of aryl methyl sites for hydroxylation is 1. The van der Waals surface area contributed by atoms with Gasteiger partial charge in [0.2, 0.25) is 5.89 Å². The molecule has 0 unspecified atom stereocenters. The van der Waals surface area contributed by atoms with Crippen molar-refractivity contribution >= 4 is 17.6 Å². The molecule has 0 saturated carbocycles. The zero-order valence-electron chi connectivity index (χ0n) is 14.9. The second-order valence-corrected chi connectivity index (χ2v) is 7.37. The van der Waals surface area contributed by atoms with Gasteiger partial charge in [0.25, 0.3) is 0 Å². The number of oxazole rings is 1. The second-order valence-electron chi connectivity index (χ2n) is 6.41. The lowest BCUT2D eigenvalue weighted by molar-refractivity contribution is 0.540. The van der Waals surface area contributed by atoms with Crippen molar-refractivity contribution in [2.45, 2.75) is 37.0 Å². The molecule has 1 aliphatic rings. The minimum atomic E-state index is 0.675. The third-order valence-corrected chi connectivity index (χ3v) is 5.54. The van der Waals surface area contributed by atoms with Crippen LogP contribution in [0.5, 0.6) is 0 Å². The normalized spacial score (nSPS) is 14.6. The first-order valence-corrected chi connectivity index (χ1v) is 10.0. The predicted molar refractivity (Wildman–Crippen MR) is 104 cm³/mol. The van der Waals surface area contributed by atoms with Crippen molar-refractivity contribution in [2.75, 3.05) is 18.0 Å². The van der Waals surface area contributed by atoms with Gasteiger partial charge < -0.3 is 9.32 Å². The first kappa shape index (κ1) is 17.1. The Hall–Kier alpha value is -2.34. The van der Waals surface area contributed by atoms with E-state index in [4.69, 9.17) is 4.42 Å². The van der Waals surface area contributed by atoms with E-state index in [-0.39, 0.29) is 0 Å². The molecule has 6 heteroatoms. The molecule has 0 spiro atoms. The van der Waals surface area contributed by atoms with Crippen molar-refractivity contribution < 1.29 is 4.42 Å². The first-order valence-electron chi connectivity index (χ1n) is 9.02. The third-order valence-electron chi connectivity index (χ3n) is 4.56. The van der Waals surface area contributed by atoms with E-state index in [0.717, 1.165) is 46.7 Å². The summed E-state index contributed by atoms with van der Waals surface area (Å²) in [4.78, 5) is 16.2. The van der Waals surface area contributed by atoms with E-state index in [1.54, 1.807) is 24.2 Å². The highest BCUT2D eigenvalue weighted by Crippen LogP contribution is 2.31. The van der Waals surface area contributed by atoms with Crippen LogP contribution < -0.4 is 4.90 Å². The molecule has 1 aliphatic heterocycles. The molecule has 1 fully saturated rings. The molecule has 4 rings (SSSR count). The SMILES string of the molecule is Cc1oc(-c2ccccc2)nc1CSc1nccnc1N1CCCCC1. The maximum Gasteiger partial charge on any atom is 0.226 e. The fraction of sp³-hybridized carbons (Fsp3) is 0.350. The molecule has 0 N–H and O–H groups in total. The Balaban J connectivity index is 1.50. The van der Waals surface area contributed by atoms with Gasteiger partial charge in [-0.2, -0.15) is 0 Å². The molecule has 5 nitrogen and oxygen atoms in total. The van der Waals surface area contributed by atoms with Crippen LogP contribution in [0, 0.1) is 6.92 Å². The molecule has 2 aromatic heterocycles. The lowest BCUT2D eigenvalue weighted by atomic mass is 10.1. The van der Waals surface area contributed by atoms with Crippen LogP contribution in [0.4, 0.5) is 5.82 Å². The van der Waals surface area contributed by atoms with Gasteiger partial charge >= 0.3 is 0 Å². The van der Waals surface area contributed by atoms with Crippen molar-refractivity contribution in [3.8, 4) is 11.5 Å². The highest BCUT2D eigenvalue weighted by molar-refractivity contribution is 7.98. The highest BCUT2D eigenvalue weighted by Gasteiger charge is 2.18. The minimum Gasteiger partial charge on any atom is -0.441 e. The number of aromatic nitrogens is 3. The van der Waals surface area contributed by atoms with Gasteiger partial charge in [0, 0.05) is 36.8 Å². The van der Waals surface area contributed by atoms with Crippen LogP contribution >= 0.6 is 11.8 Å². The molecule has 0 atom stereocenters. The molecule has 26 heavy (non-hydrogen) atoms. The number of hydrogen-bond acceptors (Lipinski definition) is 6. The first-order chi connectivity index (χ1) is 12.8. The largest absolute Gasteiger partial charge is 0.441 e. The van der Waals surface area contributed by atoms with Crippen LogP contribution in [0.15, 0.2) is 52.2 Å². The van der Waals surface area contributed by atoms with Crippen LogP contribution in [0.2, 0.25) is 0 Å². The van der Waals surface area contributed by atoms with Crippen LogP contribution in [-0.4, -0.2) is 28.0 Å². The number of benzene rings is 1. The van der Waals surface area contributed by atoms with Gasteiger partial charge in [-0.05, 0) is 38.3 Å². The Morgan fingerprint density at radius 1 is 1.04 bits per heavy atom. The van der Waals surface area contributed by atoms with Crippen molar-refractivity contribution in [1.82, 2.24) is 15.0 Å². The van der Waals surface area contributed by atoms with Crippen molar-refractivity contribution in [3.05, 3.63) is 54.2 Å². The molecule has 3 aromatic rings. The second kappa shape index (κ2) is 7.91. The van der Waals surface area contributed by atoms with Gasteiger partial charge in [-0.15, -0.1) is 0 Å². The van der Waals surface area contributed by atoms with Crippen LogP contribution in [0.25, 0.3) is 11.5 Å². The van der Waals surface area contributed by atoms with E-state index < -0.39 is 0 Å². The average Bonchev–Trinajstić information content (AvgIpc) is 3.09. The number of nitrogens with zero attached hydrogens (tertiary/aromatic N) is 4. The zero-order chi connectivity index (χ0) is 17.8. The van der Waals surface area contributed by atoms with E-state index >= 15 is 0 Å². The molecule has 0 aliphatic carbocycles. The van der Waals surface area contributed by atoms with Crippen molar-refractivity contribution in [1.29, 1.82) is 0 Å². The number of hydrogen-bond donors (Lipinski definition) is 0. The molecule has 134 valence electrons. The van der Waals surface area contributed by atoms with Gasteiger partial charge in [-0.1, -0.05) is 30.0 Å². The van der Waals surface area contributed by atoms with E-state index in [1.807, 2.05) is 37.3 Å². The standard InChI is InChI=1S/C20H22N4OS/c1-15-17(23-19(25-15)16-8-4-2-5-9-16)14-26-20-18(21-10-11-22-20)24-12-6-3-7-13-24/h2,4-5,8-11H,3,6-7,12-14H2,1H3. The van der Waals surface area contributed by atoms with E-state index in [1.165, 1.54) is 19.3 Å². The molecular formula is C20H22N4OS. The predicted octanol–water partition coefficient (Wildman–Crippen LogP) is 4.72. The van der Waals surface area contributed by atoms with Gasteiger partial charge in [-0.25, -0.2) is 15.0 Å². The summed E-state index contributed by atoms with van der Waals surface area (Å²) in [6.45, 7) is 4.10. The van der Waals surface area contributed by atoms with Crippen LogP contribution in [-0.2, 0) is 5.75 Å². The van der Waals surface area contributed by atoms with Gasteiger partial charge in [-0.3, -0.25) is 0 Å². The number of anilines is 1. The Labute approximate surface area is 157 Å². The fourth-order valence-corrected chi connectivity index (χ4v) is 4.13. The number of thioether (sulfide) groups is 1. The number of piperidine rings is 1. The topological polar surface area (TPSA) is 55.1 Å². The zero-order valence-corrected chi connectivity index (χ0v) is 15.7. The third kappa shape index (κ3) is 3.75. The lowest BCUT2D eigenvalue weighted by Crippen LogP contribution is -2.30. The van der Waals surface area contributed by atoms with Crippen LogP contribution in [0.1, 0.15) is 30.7 Å². The van der Waals surface area contributed by atoms with Crippen LogP contribution in [0.3, 0.4) is 0 Å². The fourth-order valence-electron chi connectivity index (χ4n) is 3.15. The summed E-state index contributed by atoms with van der Waals surface area (Å²) in [7, 11) is 0. The monoisotopic (exact) mass is 366 g/mol. The smallest absolute Gasteiger partial charge is 0.226 e. The highest BCUT2D eigenvalue weighted by atomic mass is 32.2. The molecule has 3 heterocycles. The summed E-state index contributed by atoms with van der Waals surface area (Å²) >= 11 is 1.68. The minimum absolute atomic E-state index is 0.675. The summed E-state index contributed by atoms with van der Waals surface area (Å²) < 4.78 is 5.86. The Morgan fingerprint density at radius 3 is 2.62 bits per heavy atom. The molecular weight excluding hydrogens is 344 g/mol. The Morgan fingerprint density at radius 2 is 1.81 bits per heavy atom. The van der Waals surface area contributed by atoms with E-state index in [0.29, 0.717) is 5.89 Å². The van der Waals surface area contributed by atoms with E-state index in [2.05, 4.69) is 19.9 Å². The quantitative estimate of drug-likeness (QED) is 0.609. The molecule has 1 aromatic carbocycles. The van der Waals surface area contributed by atoms with Crippen molar-refractivity contribution in [2.24, 2.45) is 0 Å². The molecule has 0 radical (unpaired) electrons. The summed E-state index contributed by atoms with van der Waals surface area (Å²) in [6, 6.07) is 10.0. The molecule has 0 bridgehead atoms. The molecule has 1 saturated heterocycles. The Kier molecular flexibility index (Phi) is 5.20. The van der Waals surface area contributed by atoms with E-state index in [9.17, 15) is 0 Å². The molecule has 0 amide bonds. The summed E-state index contributed by atoms with van der Waals surface area (Å²) in [6.07, 6.45) is 7.30. The lowest BCUT2D eigenvalue weighted by Gasteiger charge is -2.28. The van der Waals surface area contributed by atoms with Gasteiger partial charge in [0.1, 0.15) is 10.8 Å².